The number of fused-ring (bicyclic) bond motifs is 1. The van der Waals surface area contributed by atoms with Crippen LogP contribution in [0, 0.1) is 6.92 Å². The SMILES string of the molecule is COc1cc(C)c(N(C)C)c(CSc2nc3ccc(OC)cc3[nH]2)c1. The zero-order chi connectivity index (χ0) is 18.0. The van der Waals surface area contributed by atoms with Gasteiger partial charge in [-0.15, -0.1) is 0 Å². The summed E-state index contributed by atoms with van der Waals surface area (Å²) in [6.45, 7) is 2.11. The first-order chi connectivity index (χ1) is 12.0. The van der Waals surface area contributed by atoms with Crippen molar-refractivity contribution in [3.8, 4) is 11.5 Å². The van der Waals surface area contributed by atoms with Crippen molar-refractivity contribution in [1.29, 1.82) is 0 Å². The van der Waals surface area contributed by atoms with Gasteiger partial charge in [0.2, 0.25) is 0 Å². The van der Waals surface area contributed by atoms with Gasteiger partial charge in [0.15, 0.2) is 5.16 Å². The highest BCUT2D eigenvalue weighted by atomic mass is 32.2. The summed E-state index contributed by atoms with van der Waals surface area (Å²) in [7, 11) is 7.50. The molecule has 0 aliphatic carbocycles. The topological polar surface area (TPSA) is 50.4 Å². The lowest BCUT2D eigenvalue weighted by Crippen LogP contribution is -2.13. The number of aromatic amines is 1. The second kappa shape index (κ2) is 7.27. The molecule has 0 unspecified atom stereocenters. The number of nitrogens with zero attached hydrogens (tertiary/aromatic N) is 2. The highest BCUT2D eigenvalue weighted by Gasteiger charge is 2.12. The first kappa shape index (κ1) is 17.5. The van der Waals surface area contributed by atoms with Crippen molar-refractivity contribution in [2.45, 2.75) is 17.8 Å². The average Bonchev–Trinajstić information content (AvgIpc) is 3.00. The van der Waals surface area contributed by atoms with Gasteiger partial charge in [-0.3, -0.25) is 0 Å². The minimum Gasteiger partial charge on any atom is -0.497 e. The Hall–Kier alpha value is -2.34. The molecule has 2 aromatic carbocycles. The zero-order valence-corrected chi connectivity index (χ0v) is 16.0. The van der Waals surface area contributed by atoms with Gasteiger partial charge in [-0.25, -0.2) is 4.98 Å². The third-order valence-corrected chi connectivity index (χ3v) is 4.99. The van der Waals surface area contributed by atoms with Crippen LogP contribution in [0.5, 0.6) is 11.5 Å². The number of nitrogens with one attached hydrogen (secondary N) is 1. The van der Waals surface area contributed by atoms with Gasteiger partial charge in [0.25, 0.3) is 0 Å². The van der Waals surface area contributed by atoms with Gasteiger partial charge in [0, 0.05) is 31.6 Å². The Morgan fingerprint density at radius 3 is 2.52 bits per heavy atom. The van der Waals surface area contributed by atoms with E-state index in [0.29, 0.717) is 0 Å². The number of rotatable bonds is 6. The average molecular weight is 357 g/mol. The van der Waals surface area contributed by atoms with E-state index in [-0.39, 0.29) is 0 Å². The van der Waals surface area contributed by atoms with E-state index < -0.39 is 0 Å². The Balaban J connectivity index is 1.87. The summed E-state index contributed by atoms with van der Waals surface area (Å²) in [6, 6.07) is 10.0. The second-order valence-electron chi connectivity index (χ2n) is 6.06. The van der Waals surface area contributed by atoms with E-state index in [1.165, 1.54) is 16.8 Å². The second-order valence-corrected chi connectivity index (χ2v) is 7.02. The molecular weight excluding hydrogens is 334 g/mol. The number of aromatic nitrogens is 2. The standard InChI is InChI=1S/C19H23N3O2S/c1-12-8-15(24-5)9-13(18(12)22(2)3)11-25-19-20-16-7-6-14(23-4)10-17(16)21-19/h6-10H,11H2,1-5H3,(H,20,21). The number of imidazole rings is 1. The fourth-order valence-electron chi connectivity index (χ4n) is 2.99. The van der Waals surface area contributed by atoms with Crippen LogP contribution < -0.4 is 14.4 Å². The first-order valence-electron chi connectivity index (χ1n) is 8.03. The molecule has 0 amide bonds. The van der Waals surface area contributed by atoms with Gasteiger partial charge in [-0.05, 0) is 42.3 Å². The number of ether oxygens (including phenoxy) is 2. The van der Waals surface area contributed by atoms with Crippen LogP contribution in [-0.4, -0.2) is 38.3 Å². The molecule has 0 aliphatic rings. The maximum Gasteiger partial charge on any atom is 0.166 e. The summed E-state index contributed by atoms with van der Waals surface area (Å²) in [5, 5.41) is 0.897. The Morgan fingerprint density at radius 2 is 1.84 bits per heavy atom. The molecule has 0 bridgehead atoms. The van der Waals surface area contributed by atoms with Crippen LogP contribution in [0.25, 0.3) is 11.0 Å². The largest absolute Gasteiger partial charge is 0.497 e. The van der Waals surface area contributed by atoms with Crippen LogP contribution in [0.4, 0.5) is 5.69 Å². The van der Waals surface area contributed by atoms with Crippen LogP contribution in [0.3, 0.4) is 0 Å². The monoisotopic (exact) mass is 357 g/mol. The Kier molecular flexibility index (Phi) is 5.08. The van der Waals surface area contributed by atoms with Gasteiger partial charge in [0.05, 0.1) is 25.3 Å². The normalized spacial score (nSPS) is 10.9. The first-order valence-corrected chi connectivity index (χ1v) is 9.01. The summed E-state index contributed by atoms with van der Waals surface area (Å²) in [5.74, 6) is 2.52. The van der Waals surface area contributed by atoms with Crippen LogP contribution in [0.15, 0.2) is 35.5 Å². The fraction of sp³-hybridized carbons (Fsp3) is 0.316. The molecule has 0 aliphatic heterocycles. The molecule has 25 heavy (non-hydrogen) atoms. The van der Waals surface area contributed by atoms with Gasteiger partial charge in [-0.2, -0.15) is 0 Å². The molecule has 3 aromatic rings. The summed E-state index contributed by atoms with van der Waals surface area (Å²) in [5.41, 5.74) is 5.58. The number of benzene rings is 2. The highest BCUT2D eigenvalue weighted by Crippen LogP contribution is 2.33. The third kappa shape index (κ3) is 3.69. The number of hydrogen-bond donors (Lipinski definition) is 1. The van der Waals surface area contributed by atoms with Crippen LogP contribution in [-0.2, 0) is 5.75 Å². The molecule has 0 spiro atoms. The molecule has 3 rings (SSSR count). The van der Waals surface area contributed by atoms with Crippen molar-refractivity contribution < 1.29 is 9.47 Å². The van der Waals surface area contributed by atoms with Crippen LogP contribution >= 0.6 is 11.8 Å². The van der Waals surface area contributed by atoms with Crippen LogP contribution in [0.2, 0.25) is 0 Å². The Labute approximate surface area is 152 Å². The number of anilines is 1. The van der Waals surface area contributed by atoms with E-state index in [9.17, 15) is 0 Å². The predicted octanol–water partition coefficient (Wildman–Crippen LogP) is 4.25. The minimum absolute atomic E-state index is 0.808. The van der Waals surface area contributed by atoms with Gasteiger partial charge >= 0.3 is 0 Å². The predicted molar refractivity (Wildman–Crippen MR) is 104 cm³/mol. The van der Waals surface area contributed by atoms with E-state index in [2.05, 4.69) is 48.0 Å². The number of aryl methyl sites for hydroxylation is 1. The molecule has 0 atom stereocenters. The molecule has 0 saturated carbocycles. The van der Waals surface area contributed by atoms with Crippen molar-refractivity contribution in [1.82, 2.24) is 9.97 Å². The van der Waals surface area contributed by atoms with E-state index in [1.54, 1.807) is 26.0 Å². The summed E-state index contributed by atoms with van der Waals surface area (Å²) < 4.78 is 10.7. The van der Waals surface area contributed by atoms with Crippen molar-refractivity contribution in [3.63, 3.8) is 0 Å². The van der Waals surface area contributed by atoms with Gasteiger partial charge in [0.1, 0.15) is 11.5 Å². The Bertz CT molecular complexity index is 890. The summed E-state index contributed by atoms with van der Waals surface area (Å²) >= 11 is 1.68. The number of thioether (sulfide) groups is 1. The highest BCUT2D eigenvalue weighted by molar-refractivity contribution is 7.98. The lowest BCUT2D eigenvalue weighted by molar-refractivity contribution is 0.414. The van der Waals surface area contributed by atoms with E-state index in [0.717, 1.165) is 33.4 Å². The smallest absolute Gasteiger partial charge is 0.166 e. The molecule has 6 heteroatoms. The minimum atomic E-state index is 0.808. The number of hydrogen-bond acceptors (Lipinski definition) is 5. The lowest BCUT2D eigenvalue weighted by atomic mass is 10.1. The quantitative estimate of drug-likeness (QED) is 0.669. The van der Waals surface area contributed by atoms with E-state index in [1.807, 2.05) is 18.2 Å². The van der Waals surface area contributed by atoms with E-state index in [4.69, 9.17) is 9.47 Å². The fourth-order valence-corrected chi connectivity index (χ4v) is 3.85. The molecule has 1 N–H and O–H groups in total. The molecule has 0 radical (unpaired) electrons. The molecular formula is C19H23N3O2S. The van der Waals surface area contributed by atoms with Crippen LogP contribution in [0.1, 0.15) is 11.1 Å². The molecule has 132 valence electrons. The lowest BCUT2D eigenvalue weighted by Gasteiger charge is -2.21. The number of H-pyrrole nitrogens is 1. The summed E-state index contributed by atoms with van der Waals surface area (Å²) in [6.07, 6.45) is 0. The maximum atomic E-state index is 5.43. The van der Waals surface area contributed by atoms with Gasteiger partial charge in [-0.1, -0.05) is 11.8 Å². The zero-order valence-electron chi connectivity index (χ0n) is 15.2. The summed E-state index contributed by atoms with van der Waals surface area (Å²) in [4.78, 5) is 10.2. The molecule has 1 heterocycles. The van der Waals surface area contributed by atoms with Crippen molar-refractivity contribution in [2.75, 3.05) is 33.2 Å². The third-order valence-electron chi connectivity index (χ3n) is 4.07. The Morgan fingerprint density at radius 1 is 1.08 bits per heavy atom. The molecule has 5 nitrogen and oxygen atoms in total. The van der Waals surface area contributed by atoms with Crippen molar-refractivity contribution in [2.24, 2.45) is 0 Å². The molecule has 0 fully saturated rings. The maximum absolute atomic E-state index is 5.43. The number of methoxy groups -OCH3 is 2. The molecule has 0 saturated heterocycles. The van der Waals surface area contributed by atoms with Crippen molar-refractivity contribution >= 4 is 28.5 Å². The molecule has 1 aromatic heterocycles. The van der Waals surface area contributed by atoms with Gasteiger partial charge < -0.3 is 19.4 Å². The van der Waals surface area contributed by atoms with E-state index >= 15 is 0 Å². The van der Waals surface area contributed by atoms with Crippen molar-refractivity contribution in [3.05, 3.63) is 41.5 Å².